The molecule has 0 unspecified atom stereocenters. The Kier molecular flexibility index (Phi) is 9.04. The second kappa shape index (κ2) is 12.6. The number of hydrogen-bond donors (Lipinski definition) is 1. The molecule has 0 saturated heterocycles. The number of aromatic nitrogens is 3. The van der Waals surface area contributed by atoms with Gasteiger partial charge in [-0.2, -0.15) is 0 Å². The zero-order valence-electron chi connectivity index (χ0n) is 21.4. The van der Waals surface area contributed by atoms with Gasteiger partial charge in [-0.1, -0.05) is 23.4 Å². The first-order valence-electron chi connectivity index (χ1n) is 11.7. The summed E-state index contributed by atoms with van der Waals surface area (Å²) in [5.41, 5.74) is 4.48. The van der Waals surface area contributed by atoms with E-state index in [1.807, 2.05) is 55.5 Å². The molecule has 0 saturated carbocycles. The van der Waals surface area contributed by atoms with Crippen molar-refractivity contribution in [2.75, 3.05) is 32.4 Å². The molecule has 0 aliphatic carbocycles. The number of anilines is 1. The number of thioether (sulfide) groups is 1. The lowest BCUT2D eigenvalue weighted by Crippen LogP contribution is -2.13. The van der Waals surface area contributed by atoms with Crippen molar-refractivity contribution < 1.29 is 19.0 Å². The van der Waals surface area contributed by atoms with E-state index in [1.54, 1.807) is 26.4 Å². The molecule has 0 aliphatic rings. The summed E-state index contributed by atoms with van der Waals surface area (Å²) in [6.07, 6.45) is 0.247. The highest BCUT2D eigenvalue weighted by Crippen LogP contribution is 2.33. The van der Waals surface area contributed by atoms with Crippen molar-refractivity contribution in [1.82, 2.24) is 15.2 Å². The standard InChI is InChI=1S/C28H27ClN4O4S/c1-17-15-23(24(37-4)16-22(17)29)30-25(34)13-14-38-28-31-26(18-5-9-20(35-2)10-6-18)27(32-33-28)19-7-11-21(36-3)12-8-19/h5-12,15-16H,13-14H2,1-4H3,(H,30,34). The molecule has 8 nitrogen and oxygen atoms in total. The van der Waals surface area contributed by atoms with Gasteiger partial charge in [0.1, 0.15) is 28.6 Å². The predicted molar refractivity (Wildman–Crippen MR) is 151 cm³/mol. The molecule has 196 valence electrons. The van der Waals surface area contributed by atoms with Crippen LogP contribution in [-0.2, 0) is 4.79 Å². The topological polar surface area (TPSA) is 95.5 Å². The number of carbonyl (C=O) groups excluding carboxylic acids is 1. The van der Waals surface area contributed by atoms with Gasteiger partial charge in [-0.25, -0.2) is 4.98 Å². The lowest BCUT2D eigenvalue weighted by atomic mass is 10.0. The number of methoxy groups -OCH3 is 3. The van der Waals surface area contributed by atoms with Crippen molar-refractivity contribution in [3.8, 4) is 39.8 Å². The fourth-order valence-corrected chi connectivity index (χ4v) is 4.52. The molecular formula is C28H27ClN4O4S. The molecule has 1 heterocycles. The summed E-state index contributed by atoms with van der Waals surface area (Å²) in [4.78, 5) is 17.4. The first-order valence-corrected chi connectivity index (χ1v) is 13.1. The zero-order valence-corrected chi connectivity index (χ0v) is 23.0. The third kappa shape index (κ3) is 6.54. The minimum Gasteiger partial charge on any atom is -0.497 e. The highest BCUT2D eigenvalue weighted by molar-refractivity contribution is 7.99. The highest BCUT2D eigenvalue weighted by atomic mass is 35.5. The normalized spacial score (nSPS) is 10.7. The van der Waals surface area contributed by atoms with Crippen LogP contribution < -0.4 is 19.5 Å². The van der Waals surface area contributed by atoms with Crippen LogP contribution in [0.2, 0.25) is 5.02 Å². The number of amides is 1. The average molecular weight is 551 g/mol. The van der Waals surface area contributed by atoms with Gasteiger partial charge < -0.3 is 19.5 Å². The molecular weight excluding hydrogens is 524 g/mol. The highest BCUT2D eigenvalue weighted by Gasteiger charge is 2.16. The molecule has 0 fully saturated rings. The van der Waals surface area contributed by atoms with Crippen molar-refractivity contribution in [2.24, 2.45) is 0 Å². The van der Waals surface area contributed by atoms with Crippen molar-refractivity contribution >= 4 is 35.0 Å². The Morgan fingerprint density at radius 1 is 0.868 bits per heavy atom. The van der Waals surface area contributed by atoms with E-state index < -0.39 is 0 Å². The summed E-state index contributed by atoms with van der Waals surface area (Å²) >= 11 is 7.52. The maximum absolute atomic E-state index is 12.6. The lowest BCUT2D eigenvalue weighted by Gasteiger charge is -2.12. The van der Waals surface area contributed by atoms with Gasteiger partial charge in [-0.15, -0.1) is 10.2 Å². The summed E-state index contributed by atoms with van der Waals surface area (Å²) < 4.78 is 15.9. The molecule has 0 radical (unpaired) electrons. The summed E-state index contributed by atoms with van der Waals surface area (Å²) in [6.45, 7) is 1.87. The van der Waals surface area contributed by atoms with Gasteiger partial charge in [0.2, 0.25) is 11.1 Å². The number of nitrogens with one attached hydrogen (secondary N) is 1. The van der Waals surface area contributed by atoms with Crippen molar-refractivity contribution in [3.05, 3.63) is 71.2 Å². The van der Waals surface area contributed by atoms with E-state index in [0.717, 1.165) is 28.2 Å². The van der Waals surface area contributed by atoms with Crippen LogP contribution in [0.25, 0.3) is 22.5 Å². The lowest BCUT2D eigenvalue weighted by molar-refractivity contribution is -0.115. The van der Waals surface area contributed by atoms with Crippen LogP contribution in [0, 0.1) is 6.92 Å². The van der Waals surface area contributed by atoms with E-state index in [1.165, 1.54) is 18.9 Å². The van der Waals surface area contributed by atoms with Gasteiger partial charge in [0, 0.05) is 34.4 Å². The molecule has 0 bridgehead atoms. The van der Waals surface area contributed by atoms with E-state index in [-0.39, 0.29) is 12.3 Å². The Hall–Kier alpha value is -3.82. The summed E-state index contributed by atoms with van der Waals surface area (Å²) in [5.74, 6) is 2.31. The Morgan fingerprint density at radius 2 is 1.47 bits per heavy atom. The van der Waals surface area contributed by atoms with Gasteiger partial charge in [-0.05, 0) is 67.1 Å². The first kappa shape index (κ1) is 27.2. The number of ether oxygens (including phenoxy) is 3. The van der Waals surface area contributed by atoms with Gasteiger partial charge in [0.05, 0.1) is 27.0 Å². The molecule has 0 spiro atoms. The molecule has 3 aromatic carbocycles. The van der Waals surface area contributed by atoms with Gasteiger partial charge >= 0.3 is 0 Å². The Balaban J connectivity index is 1.51. The Bertz CT molecular complexity index is 1420. The minimum atomic E-state index is -0.157. The maximum atomic E-state index is 12.6. The predicted octanol–water partition coefficient (Wildman–Crippen LogP) is 6.31. The molecule has 1 aromatic heterocycles. The fraction of sp³-hybridized carbons (Fsp3) is 0.214. The van der Waals surface area contributed by atoms with Gasteiger partial charge in [0.25, 0.3) is 0 Å². The molecule has 1 amide bonds. The number of nitrogens with zero attached hydrogens (tertiary/aromatic N) is 3. The van der Waals surface area contributed by atoms with Crippen LogP contribution in [0.4, 0.5) is 5.69 Å². The zero-order chi connectivity index (χ0) is 27.1. The maximum Gasteiger partial charge on any atom is 0.225 e. The Morgan fingerprint density at radius 3 is 2.05 bits per heavy atom. The number of halogens is 1. The number of benzene rings is 3. The third-order valence-corrected chi connectivity index (χ3v) is 6.96. The van der Waals surface area contributed by atoms with E-state index in [2.05, 4.69) is 15.5 Å². The average Bonchev–Trinajstić information content (AvgIpc) is 2.95. The van der Waals surface area contributed by atoms with Crippen LogP contribution in [0.15, 0.2) is 65.8 Å². The van der Waals surface area contributed by atoms with Crippen LogP contribution in [0.5, 0.6) is 17.2 Å². The van der Waals surface area contributed by atoms with Crippen molar-refractivity contribution in [2.45, 2.75) is 18.5 Å². The quantitative estimate of drug-likeness (QED) is 0.229. The largest absolute Gasteiger partial charge is 0.497 e. The Labute approximate surface area is 230 Å². The molecule has 0 atom stereocenters. The number of rotatable bonds is 10. The summed E-state index contributed by atoms with van der Waals surface area (Å²) in [7, 11) is 4.78. The smallest absolute Gasteiger partial charge is 0.225 e. The van der Waals surface area contributed by atoms with Gasteiger partial charge in [-0.3, -0.25) is 4.79 Å². The third-order valence-electron chi connectivity index (χ3n) is 5.71. The molecule has 4 aromatic rings. The van der Waals surface area contributed by atoms with E-state index in [9.17, 15) is 4.79 Å². The molecule has 4 rings (SSSR count). The second-order valence-electron chi connectivity index (χ2n) is 8.20. The molecule has 1 N–H and O–H groups in total. The molecule has 0 aliphatic heterocycles. The van der Waals surface area contributed by atoms with Gasteiger partial charge in [0.15, 0.2) is 0 Å². The van der Waals surface area contributed by atoms with Crippen LogP contribution in [-0.4, -0.2) is 48.2 Å². The van der Waals surface area contributed by atoms with E-state index >= 15 is 0 Å². The van der Waals surface area contributed by atoms with E-state index in [0.29, 0.717) is 38.8 Å². The molecule has 38 heavy (non-hydrogen) atoms. The second-order valence-corrected chi connectivity index (χ2v) is 9.67. The fourth-order valence-electron chi connectivity index (χ4n) is 3.64. The number of hydrogen-bond acceptors (Lipinski definition) is 8. The van der Waals surface area contributed by atoms with E-state index in [4.69, 9.17) is 30.8 Å². The van der Waals surface area contributed by atoms with Crippen molar-refractivity contribution in [1.29, 1.82) is 0 Å². The summed E-state index contributed by atoms with van der Waals surface area (Å²) in [5, 5.41) is 12.8. The molecule has 10 heteroatoms. The first-order chi connectivity index (χ1) is 18.4. The summed E-state index contributed by atoms with van der Waals surface area (Å²) in [6, 6.07) is 18.7. The van der Waals surface area contributed by atoms with Crippen LogP contribution in [0.1, 0.15) is 12.0 Å². The number of aryl methyl sites for hydroxylation is 1. The van der Waals surface area contributed by atoms with Crippen molar-refractivity contribution in [3.63, 3.8) is 0 Å². The van der Waals surface area contributed by atoms with Crippen LogP contribution in [0.3, 0.4) is 0 Å². The minimum absolute atomic E-state index is 0.157. The van der Waals surface area contributed by atoms with Crippen LogP contribution >= 0.6 is 23.4 Å². The SMILES string of the molecule is COc1ccc(-c2nnc(SCCC(=O)Nc3cc(C)c(Cl)cc3OC)nc2-c2ccc(OC)cc2)cc1. The number of carbonyl (C=O) groups is 1. The monoisotopic (exact) mass is 550 g/mol.